The Bertz CT molecular complexity index is 1070. The lowest BCUT2D eigenvalue weighted by molar-refractivity contribution is -0.142. The minimum atomic E-state index is -1.35. The standard InChI is InChI=1S/C18H12F2N2O4S/c19-9-3-2-6-12-16(9)26-13(7-15(23)24)18(25)22(12)8-14-21-11-5-1-4-10(20)17(11)27-14/h1-6,13H,7-8H2,(H,23,24). The molecule has 1 N–H and O–H groups in total. The number of rotatable bonds is 4. The number of fused-ring (bicyclic) bond motifs is 2. The van der Waals surface area contributed by atoms with Gasteiger partial charge in [-0.2, -0.15) is 0 Å². The molecule has 1 atom stereocenters. The number of amides is 1. The molecule has 0 radical (unpaired) electrons. The number of carboxylic acids is 1. The van der Waals surface area contributed by atoms with Crippen LogP contribution in [0.1, 0.15) is 11.4 Å². The molecule has 27 heavy (non-hydrogen) atoms. The second kappa shape index (κ2) is 6.58. The zero-order valence-corrected chi connectivity index (χ0v) is 14.5. The van der Waals surface area contributed by atoms with Gasteiger partial charge >= 0.3 is 5.97 Å². The number of thiazole rings is 1. The summed E-state index contributed by atoms with van der Waals surface area (Å²) in [6, 6.07) is 8.60. The number of aromatic nitrogens is 1. The van der Waals surface area contributed by atoms with Gasteiger partial charge in [-0.25, -0.2) is 13.8 Å². The molecule has 3 aromatic rings. The van der Waals surface area contributed by atoms with Gasteiger partial charge in [0.25, 0.3) is 5.91 Å². The first-order valence-electron chi connectivity index (χ1n) is 7.96. The normalized spacial score (nSPS) is 16.3. The second-order valence-electron chi connectivity index (χ2n) is 5.91. The Labute approximate surface area is 155 Å². The summed E-state index contributed by atoms with van der Waals surface area (Å²) in [4.78, 5) is 29.3. The van der Waals surface area contributed by atoms with E-state index in [0.717, 1.165) is 17.4 Å². The van der Waals surface area contributed by atoms with Crippen molar-refractivity contribution >= 4 is 39.1 Å². The molecule has 2 aromatic carbocycles. The number of aliphatic carboxylic acids is 1. The molecule has 0 spiro atoms. The smallest absolute Gasteiger partial charge is 0.307 e. The second-order valence-corrected chi connectivity index (χ2v) is 7.00. The van der Waals surface area contributed by atoms with Gasteiger partial charge in [-0.3, -0.25) is 14.5 Å². The van der Waals surface area contributed by atoms with Gasteiger partial charge in [-0.05, 0) is 24.3 Å². The number of benzene rings is 2. The molecule has 0 bridgehead atoms. The molecule has 4 rings (SSSR count). The van der Waals surface area contributed by atoms with Crippen molar-refractivity contribution in [1.82, 2.24) is 4.98 Å². The molecule has 0 saturated carbocycles. The van der Waals surface area contributed by atoms with E-state index in [9.17, 15) is 18.4 Å². The fourth-order valence-corrected chi connectivity index (χ4v) is 3.88. The first-order valence-corrected chi connectivity index (χ1v) is 8.78. The molecule has 138 valence electrons. The fourth-order valence-electron chi connectivity index (χ4n) is 2.93. The van der Waals surface area contributed by atoms with E-state index < -0.39 is 36.0 Å². The highest BCUT2D eigenvalue weighted by atomic mass is 32.1. The number of carbonyl (C=O) groups excluding carboxylic acids is 1. The summed E-state index contributed by atoms with van der Waals surface area (Å²) < 4.78 is 33.7. The van der Waals surface area contributed by atoms with Crippen LogP contribution >= 0.6 is 11.3 Å². The quantitative estimate of drug-likeness (QED) is 0.739. The molecule has 1 aromatic heterocycles. The molecule has 1 aliphatic heterocycles. The molecular weight excluding hydrogens is 378 g/mol. The number of ether oxygens (including phenoxy) is 1. The van der Waals surface area contributed by atoms with Gasteiger partial charge in [0.05, 0.1) is 28.9 Å². The number of halogens is 2. The third kappa shape index (κ3) is 3.10. The minimum Gasteiger partial charge on any atom is -0.481 e. The molecule has 2 heterocycles. The lowest BCUT2D eigenvalue weighted by atomic mass is 10.1. The van der Waals surface area contributed by atoms with Crippen molar-refractivity contribution in [3.63, 3.8) is 0 Å². The minimum absolute atomic E-state index is 0.0481. The Morgan fingerprint density at radius 3 is 2.70 bits per heavy atom. The number of carboxylic acid groups (broad SMARTS) is 1. The van der Waals surface area contributed by atoms with Crippen molar-refractivity contribution in [2.45, 2.75) is 19.1 Å². The van der Waals surface area contributed by atoms with Crippen LogP contribution in [0, 0.1) is 11.6 Å². The van der Waals surface area contributed by atoms with E-state index in [-0.39, 0.29) is 18.0 Å². The van der Waals surface area contributed by atoms with Crippen molar-refractivity contribution in [3.05, 3.63) is 53.0 Å². The van der Waals surface area contributed by atoms with E-state index in [1.54, 1.807) is 6.07 Å². The predicted molar refractivity (Wildman–Crippen MR) is 93.8 cm³/mol. The van der Waals surface area contributed by atoms with Crippen LogP contribution < -0.4 is 9.64 Å². The number of nitrogens with zero attached hydrogens (tertiary/aromatic N) is 2. The highest BCUT2D eigenvalue weighted by Gasteiger charge is 2.37. The number of anilines is 1. The molecule has 0 fully saturated rings. The van der Waals surface area contributed by atoms with Crippen molar-refractivity contribution in [2.24, 2.45) is 0 Å². The molecule has 6 nitrogen and oxygen atoms in total. The Kier molecular flexibility index (Phi) is 4.23. The van der Waals surface area contributed by atoms with E-state index >= 15 is 0 Å². The molecule has 0 aliphatic carbocycles. The molecule has 0 saturated heterocycles. The van der Waals surface area contributed by atoms with Crippen LogP contribution in [0.2, 0.25) is 0 Å². The molecule has 1 aliphatic rings. The Balaban J connectivity index is 1.75. The summed E-state index contributed by atoms with van der Waals surface area (Å²) in [6.45, 7) is -0.0481. The average molecular weight is 390 g/mol. The summed E-state index contributed by atoms with van der Waals surface area (Å²) >= 11 is 1.08. The predicted octanol–water partition coefficient (Wildman–Crippen LogP) is 3.34. The molecule has 1 amide bonds. The SMILES string of the molecule is O=C(O)CC1Oc2c(F)cccc2N(Cc2nc3cccc(F)c3s2)C1=O. The maximum atomic E-state index is 14.2. The zero-order valence-electron chi connectivity index (χ0n) is 13.7. The van der Waals surface area contributed by atoms with Crippen molar-refractivity contribution in [3.8, 4) is 5.75 Å². The van der Waals surface area contributed by atoms with E-state index in [0.29, 0.717) is 15.2 Å². The topological polar surface area (TPSA) is 79.7 Å². The largest absolute Gasteiger partial charge is 0.481 e. The van der Waals surface area contributed by atoms with Gasteiger partial charge in [0.1, 0.15) is 10.8 Å². The number of carbonyl (C=O) groups is 2. The summed E-state index contributed by atoms with van der Waals surface area (Å²) in [5.74, 6) is -3.16. The van der Waals surface area contributed by atoms with Crippen LogP contribution in [0.5, 0.6) is 5.75 Å². The number of hydrogen-bond acceptors (Lipinski definition) is 5. The number of hydrogen-bond donors (Lipinski definition) is 1. The summed E-state index contributed by atoms with van der Waals surface area (Å²) in [5, 5.41) is 9.45. The Morgan fingerprint density at radius 1 is 1.22 bits per heavy atom. The van der Waals surface area contributed by atoms with Crippen molar-refractivity contribution < 1.29 is 28.2 Å². The zero-order chi connectivity index (χ0) is 19.1. The van der Waals surface area contributed by atoms with Crippen molar-refractivity contribution in [2.75, 3.05) is 4.90 Å². The summed E-state index contributed by atoms with van der Waals surface area (Å²) in [5.41, 5.74) is 0.638. The maximum absolute atomic E-state index is 14.2. The van der Waals surface area contributed by atoms with Crippen LogP contribution in [0.4, 0.5) is 14.5 Å². The van der Waals surface area contributed by atoms with Gasteiger partial charge in [-0.1, -0.05) is 12.1 Å². The van der Waals surface area contributed by atoms with Gasteiger partial charge < -0.3 is 9.84 Å². The van der Waals surface area contributed by atoms with Gasteiger partial charge in [0.15, 0.2) is 17.7 Å². The third-order valence-electron chi connectivity index (χ3n) is 4.10. The summed E-state index contributed by atoms with van der Waals surface area (Å²) in [7, 11) is 0. The Hall–Kier alpha value is -3.07. The fraction of sp³-hybridized carbons (Fsp3) is 0.167. The first kappa shape index (κ1) is 17.3. The highest BCUT2D eigenvalue weighted by Crippen LogP contribution is 2.38. The van der Waals surface area contributed by atoms with Gasteiger partial charge in [0.2, 0.25) is 0 Å². The van der Waals surface area contributed by atoms with E-state index in [4.69, 9.17) is 9.84 Å². The third-order valence-corrected chi connectivity index (χ3v) is 5.17. The van der Waals surface area contributed by atoms with E-state index in [1.807, 2.05) is 0 Å². The van der Waals surface area contributed by atoms with Crippen molar-refractivity contribution in [1.29, 1.82) is 0 Å². The Morgan fingerprint density at radius 2 is 1.96 bits per heavy atom. The average Bonchev–Trinajstić information content (AvgIpc) is 3.03. The summed E-state index contributed by atoms with van der Waals surface area (Å²) in [6.07, 6.45) is -1.95. The van der Waals surface area contributed by atoms with Crippen LogP contribution in [0.25, 0.3) is 10.2 Å². The van der Waals surface area contributed by atoms with Gasteiger partial charge in [-0.15, -0.1) is 11.3 Å². The van der Waals surface area contributed by atoms with E-state index in [1.165, 1.54) is 29.2 Å². The first-order chi connectivity index (χ1) is 12.9. The molecule has 1 unspecified atom stereocenters. The molecular formula is C18H12F2N2O4S. The van der Waals surface area contributed by atoms with Crippen LogP contribution in [0.3, 0.4) is 0 Å². The van der Waals surface area contributed by atoms with Gasteiger partial charge in [0, 0.05) is 0 Å². The lowest BCUT2D eigenvalue weighted by Crippen LogP contribution is -2.46. The van der Waals surface area contributed by atoms with Crippen LogP contribution in [-0.4, -0.2) is 28.1 Å². The lowest BCUT2D eigenvalue weighted by Gasteiger charge is -2.33. The maximum Gasteiger partial charge on any atom is 0.307 e. The van der Waals surface area contributed by atoms with E-state index in [2.05, 4.69) is 4.98 Å². The number of para-hydroxylation sites is 1. The van der Waals surface area contributed by atoms with Crippen LogP contribution in [-0.2, 0) is 16.1 Å². The monoisotopic (exact) mass is 390 g/mol. The molecule has 9 heteroatoms. The van der Waals surface area contributed by atoms with Crippen LogP contribution in [0.15, 0.2) is 36.4 Å². The highest BCUT2D eigenvalue weighted by molar-refractivity contribution is 7.18.